The third-order valence-corrected chi connectivity index (χ3v) is 2.47. The molecule has 0 saturated heterocycles. The summed E-state index contributed by atoms with van der Waals surface area (Å²) in [5, 5.41) is 14.0. The molecule has 0 atom stereocenters. The number of phenols is 1. The van der Waals surface area contributed by atoms with Crippen LogP contribution in [0, 0.1) is 0 Å². The Morgan fingerprint density at radius 3 is 2.62 bits per heavy atom. The van der Waals surface area contributed by atoms with E-state index in [1.54, 1.807) is 18.3 Å². The van der Waals surface area contributed by atoms with Gasteiger partial charge in [0, 0.05) is 11.6 Å². The summed E-state index contributed by atoms with van der Waals surface area (Å²) in [4.78, 5) is 0. The number of rotatable bonds is 2. The molecule has 0 unspecified atom stereocenters. The molecule has 0 bridgehead atoms. The van der Waals surface area contributed by atoms with Gasteiger partial charge >= 0.3 is 0 Å². The van der Waals surface area contributed by atoms with E-state index in [1.165, 1.54) is 0 Å². The average molecular weight is 217 g/mol. The lowest BCUT2D eigenvalue weighted by atomic mass is 10.1. The molecule has 0 aliphatic carbocycles. The summed E-state index contributed by atoms with van der Waals surface area (Å²) in [5.41, 5.74) is 7.95. The molecule has 4 nitrogen and oxygen atoms in total. The normalized spacial score (nSPS) is 10.9. The van der Waals surface area contributed by atoms with Gasteiger partial charge in [-0.15, -0.1) is 0 Å². The standard InChI is InChI=1S/C12H15N3O/c1-8(2)15-12(10(13)7-14-15)9-5-3-4-6-11(9)16/h3-8,16H,13H2,1-2H3. The molecule has 2 aromatic rings. The van der Waals surface area contributed by atoms with E-state index in [1.807, 2.05) is 30.7 Å². The zero-order chi connectivity index (χ0) is 11.7. The van der Waals surface area contributed by atoms with Crippen molar-refractivity contribution in [3.8, 4) is 17.0 Å². The van der Waals surface area contributed by atoms with Crippen molar-refractivity contribution in [1.29, 1.82) is 0 Å². The van der Waals surface area contributed by atoms with E-state index in [9.17, 15) is 5.11 Å². The summed E-state index contributed by atoms with van der Waals surface area (Å²) in [6.07, 6.45) is 1.61. The van der Waals surface area contributed by atoms with Crippen LogP contribution < -0.4 is 5.73 Å². The van der Waals surface area contributed by atoms with Crippen molar-refractivity contribution in [2.24, 2.45) is 0 Å². The molecular formula is C12H15N3O. The van der Waals surface area contributed by atoms with Gasteiger partial charge in [0.25, 0.3) is 0 Å². The molecule has 4 heteroatoms. The van der Waals surface area contributed by atoms with Gasteiger partial charge in [-0.1, -0.05) is 12.1 Å². The molecular weight excluding hydrogens is 202 g/mol. The molecule has 16 heavy (non-hydrogen) atoms. The monoisotopic (exact) mass is 217 g/mol. The first-order valence-electron chi connectivity index (χ1n) is 5.22. The summed E-state index contributed by atoms with van der Waals surface area (Å²) < 4.78 is 1.81. The minimum absolute atomic E-state index is 0.201. The minimum atomic E-state index is 0.201. The van der Waals surface area contributed by atoms with Crippen LogP contribution in [-0.4, -0.2) is 14.9 Å². The molecule has 0 spiro atoms. The van der Waals surface area contributed by atoms with Gasteiger partial charge in [0.15, 0.2) is 0 Å². The summed E-state index contributed by atoms with van der Waals surface area (Å²) >= 11 is 0. The maximum absolute atomic E-state index is 9.82. The van der Waals surface area contributed by atoms with Crippen LogP contribution in [0.15, 0.2) is 30.5 Å². The van der Waals surface area contributed by atoms with Gasteiger partial charge in [0.1, 0.15) is 5.75 Å². The van der Waals surface area contributed by atoms with Gasteiger partial charge in [0.2, 0.25) is 0 Å². The lowest BCUT2D eigenvalue weighted by Crippen LogP contribution is -2.05. The Morgan fingerprint density at radius 1 is 1.31 bits per heavy atom. The number of nitrogen functional groups attached to an aromatic ring is 1. The average Bonchev–Trinajstić information content (AvgIpc) is 2.61. The summed E-state index contributed by atoms with van der Waals surface area (Å²) in [6, 6.07) is 7.33. The van der Waals surface area contributed by atoms with Crippen molar-refractivity contribution in [3.05, 3.63) is 30.5 Å². The molecule has 0 aliphatic rings. The smallest absolute Gasteiger partial charge is 0.125 e. The highest BCUT2D eigenvalue weighted by atomic mass is 16.3. The molecule has 3 N–H and O–H groups in total. The first-order valence-corrected chi connectivity index (χ1v) is 5.22. The van der Waals surface area contributed by atoms with Crippen LogP contribution in [-0.2, 0) is 0 Å². The van der Waals surface area contributed by atoms with Crippen molar-refractivity contribution in [1.82, 2.24) is 9.78 Å². The maximum atomic E-state index is 9.82. The number of nitrogens with two attached hydrogens (primary N) is 1. The van der Waals surface area contributed by atoms with Gasteiger partial charge in [-0.05, 0) is 26.0 Å². The SMILES string of the molecule is CC(C)n1ncc(N)c1-c1ccccc1O. The van der Waals surface area contributed by atoms with Gasteiger partial charge in [-0.2, -0.15) is 5.10 Å². The second-order valence-corrected chi connectivity index (χ2v) is 4.00. The van der Waals surface area contributed by atoms with Crippen LogP contribution in [0.3, 0.4) is 0 Å². The van der Waals surface area contributed by atoms with E-state index in [-0.39, 0.29) is 11.8 Å². The fourth-order valence-corrected chi connectivity index (χ4v) is 1.72. The highest BCUT2D eigenvalue weighted by Gasteiger charge is 2.15. The number of nitrogens with zero attached hydrogens (tertiary/aromatic N) is 2. The molecule has 1 aromatic heterocycles. The number of aromatic hydroxyl groups is 1. The number of aromatic nitrogens is 2. The Kier molecular flexibility index (Phi) is 2.56. The lowest BCUT2D eigenvalue weighted by Gasteiger charge is -2.12. The molecule has 84 valence electrons. The minimum Gasteiger partial charge on any atom is -0.507 e. The van der Waals surface area contributed by atoms with Crippen LogP contribution in [0.4, 0.5) is 5.69 Å². The maximum Gasteiger partial charge on any atom is 0.125 e. The van der Waals surface area contributed by atoms with E-state index in [4.69, 9.17) is 5.73 Å². The summed E-state index contributed by atoms with van der Waals surface area (Å²) in [5.74, 6) is 0.219. The fourth-order valence-electron chi connectivity index (χ4n) is 1.72. The molecule has 1 aromatic carbocycles. The number of hydrogen-bond donors (Lipinski definition) is 2. The lowest BCUT2D eigenvalue weighted by molar-refractivity contribution is 0.475. The van der Waals surface area contributed by atoms with E-state index >= 15 is 0 Å². The Balaban J connectivity index is 2.64. The largest absolute Gasteiger partial charge is 0.507 e. The number of para-hydroxylation sites is 1. The zero-order valence-electron chi connectivity index (χ0n) is 9.38. The van der Waals surface area contributed by atoms with Gasteiger partial charge in [-0.3, -0.25) is 4.68 Å². The Labute approximate surface area is 94.3 Å². The molecule has 2 rings (SSSR count). The topological polar surface area (TPSA) is 64.1 Å². The van der Waals surface area contributed by atoms with E-state index in [0.717, 1.165) is 5.69 Å². The van der Waals surface area contributed by atoms with Gasteiger partial charge < -0.3 is 10.8 Å². The quantitative estimate of drug-likeness (QED) is 0.812. The van der Waals surface area contributed by atoms with Crippen molar-refractivity contribution in [2.75, 3.05) is 5.73 Å². The number of hydrogen-bond acceptors (Lipinski definition) is 3. The van der Waals surface area contributed by atoms with Crippen LogP contribution in [0.25, 0.3) is 11.3 Å². The predicted octanol–water partition coefficient (Wildman–Crippen LogP) is 2.42. The highest BCUT2D eigenvalue weighted by Crippen LogP contribution is 2.33. The molecule has 0 amide bonds. The Bertz CT molecular complexity index is 503. The van der Waals surface area contributed by atoms with Crippen LogP contribution >= 0.6 is 0 Å². The predicted molar refractivity (Wildman–Crippen MR) is 64.1 cm³/mol. The van der Waals surface area contributed by atoms with Gasteiger partial charge in [0.05, 0.1) is 17.6 Å². The van der Waals surface area contributed by atoms with Crippen molar-refractivity contribution in [2.45, 2.75) is 19.9 Å². The zero-order valence-corrected chi connectivity index (χ0v) is 9.38. The number of benzene rings is 1. The van der Waals surface area contributed by atoms with Crippen LogP contribution in [0.1, 0.15) is 19.9 Å². The van der Waals surface area contributed by atoms with Crippen molar-refractivity contribution >= 4 is 5.69 Å². The molecule has 0 saturated carbocycles. The van der Waals surface area contributed by atoms with Crippen molar-refractivity contribution in [3.63, 3.8) is 0 Å². The Morgan fingerprint density at radius 2 is 2.00 bits per heavy atom. The first kappa shape index (κ1) is 10.5. The van der Waals surface area contributed by atoms with Crippen LogP contribution in [0.2, 0.25) is 0 Å². The fraction of sp³-hybridized carbons (Fsp3) is 0.250. The molecule has 0 aliphatic heterocycles. The van der Waals surface area contributed by atoms with Gasteiger partial charge in [-0.25, -0.2) is 0 Å². The van der Waals surface area contributed by atoms with E-state index in [0.29, 0.717) is 11.3 Å². The second-order valence-electron chi connectivity index (χ2n) is 4.00. The molecule has 0 radical (unpaired) electrons. The highest BCUT2D eigenvalue weighted by molar-refractivity contribution is 5.77. The van der Waals surface area contributed by atoms with Crippen LogP contribution in [0.5, 0.6) is 5.75 Å². The third kappa shape index (κ3) is 1.62. The summed E-state index contributed by atoms with van der Waals surface area (Å²) in [7, 11) is 0. The summed E-state index contributed by atoms with van der Waals surface area (Å²) in [6.45, 7) is 4.05. The number of phenolic OH excluding ortho intramolecular Hbond substituents is 1. The number of anilines is 1. The first-order chi connectivity index (χ1) is 7.61. The third-order valence-electron chi connectivity index (χ3n) is 2.47. The van der Waals surface area contributed by atoms with E-state index in [2.05, 4.69) is 5.10 Å². The van der Waals surface area contributed by atoms with E-state index < -0.39 is 0 Å². The molecule has 1 heterocycles. The second kappa shape index (κ2) is 3.89. The van der Waals surface area contributed by atoms with Crippen molar-refractivity contribution < 1.29 is 5.11 Å². The molecule has 0 fully saturated rings. The Hall–Kier alpha value is -1.97.